The third kappa shape index (κ3) is 3.54. The van der Waals surface area contributed by atoms with Crippen LogP contribution in [0.3, 0.4) is 0 Å². The van der Waals surface area contributed by atoms with Crippen molar-refractivity contribution in [3.63, 3.8) is 0 Å². The number of fused-ring (bicyclic) bond motifs is 4. The Bertz CT molecular complexity index is 1350. The van der Waals surface area contributed by atoms with Gasteiger partial charge in [0.25, 0.3) is 11.8 Å². The summed E-state index contributed by atoms with van der Waals surface area (Å²) < 4.78 is 5.87. The van der Waals surface area contributed by atoms with Gasteiger partial charge in [-0.3, -0.25) is 29.0 Å². The van der Waals surface area contributed by atoms with Crippen molar-refractivity contribution in [2.75, 3.05) is 14.2 Å². The fourth-order valence-electron chi connectivity index (χ4n) is 7.76. The quantitative estimate of drug-likeness (QED) is 0.220. The highest BCUT2D eigenvalue weighted by molar-refractivity contribution is 14.1. The van der Waals surface area contributed by atoms with Gasteiger partial charge in [0, 0.05) is 19.0 Å². The van der Waals surface area contributed by atoms with Crippen LogP contribution in [0.1, 0.15) is 56.4 Å². The minimum atomic E-state index is -1.87. The van der Waals surface area contributed by atoms with Crippen LogP contribution in [0.2, 0.25) is 0 Å². The second-order valence-corrected chi connectivity index (χ2v) is 13.8. The van der Waals surface area contributed by atoms with Gasteiger partial charge in [0.2, 0.25) is 11.8 Å². The molecule has 1 aromatic carbocycles. The van der Waals surface area contributed by atoms with Gasteiger partial charge >= 0.3 is 0 Å². The molecule has 0 aromatic heterocycles. The number of rotatable bonds is 3. The standard InChI is InChI=1S/C28H29Cl2IN2O6/c1-32-25(37)27(29)12-17-15(8-9-16-20(17)24(36)33(23(16)35)14-6-4-3-5-7-14)21(28(27,30)26(32)38)13-10-18(31)22(34)19(11-13)39-2/h8,10-11,14,16-17,20-21,34H,3-7,9,12H2,1-2H3/t16-,17+,20-,21-,27+,28-/m0/s1. The number of aromatic hydroxyl groups is 1. The Morgan fingerprint density at radius 3 is 2.38 bits per heavy atom. The van der Waals surface area contributed by atoms with E-state index in [1.54, 1.807) is 12.1 Å². The zero-order valence-electron chi connectivity index (χ0n) is 21.6. The van der Waals surface area contributed by atoms with Gasteiger partial charge in [-0.15, -0.1) is 23.2 Å². The van der Waals surface area contributed by atoms with Gasteiger partial charge in [-0.2, -0.15) is 0 Å². The van der Waals surface area contributed by atoms with Gasteiger partial charge in [0.05, 0.1) is 22.5 Å². The molecule has 208 valence electrons. The number of methoxy groups -OCH3 is 1. The molecule has 2 heterocycles. The number of imide groups is 2. The number of phenols is 1. The highest BCUT2D eigenvalue weighted by Crippen LogP contribution is 2.65. The smallest absolute Gasteiger partial charge is 0.253 e. The molecule has 4 fully saturated rings. The Morgan fingerprint density at radius 2 is 1.72 bits per heavy atom. The number of likely N-dealkylation sites (tertiary alicyclic amines) is 2. The lowest BCUT2D eigenvalue weighted by molar-refractivity contribution is -0.144. The minimum Gasteiger partial charge on any atom is -0.504 e. The van der Waals surface area contributed by atoms with Crippen LogP contribution in [-0.2, 0) is 19.2 Å². The summed E-state index contributed by atoms with van der Waals surface area (Å²) in [6.07, 6.45) is 6.91. The average molecular weight is 687 g/mol. The van der Waals surface area contributed by atoms with Gasteiger partial charge in [-0.05, 0) is 71.9 Å². The van der Waals surface area contributed by atoms with Crippen molar-refractivity contribution in [2.45, 2.75) is 66.7 Å². The molecule has 0 radical (unpaired) electrons. The maximum Gasteiger partial charge on any atom is 0.253 e. The number of hydrogen-bond donors (Lipinski definition) is 1. The summed E-state index contributed by atoms with van der Waals surface area (Å²) in [5, 5.41) is 10.5. The molecule has 3 aliphatic carbocycles. The predicted octanol–water partition coefficient (Wildman–Crippen LogP) is 4.33. The minimum absolute atomic E-state index is 0.0275. The summed E-state index contributed by atoms with van der Waals surface area (Å²) in [4.78, 5) is 53.7. The summed E-state index contributed by atoms with van der Waals surface area (Å²) in [6.45, 7) is 0. The first-order valence-corrected chi connectivity index (χ1v) is 15.1. The molecular weight excluding hydrogens is 658 g/mol. The molecule has 2 saturated heterocycles. The van der Waals surface area contributed by atoms with E-state index in [4.69, 9.17) is 27.9 Å². The molecule has 8 nitrogen and oxygen atoms in total. The number of halogens is 3. The molecule has 2 aliphatic heterocycles. The SMILES string of the molecule is COc1cc([C@H]2C3=CC[C@@H]4C(=O)N(C5CCCCC5)C(=O)[C@@H]4[C@@H]3C[C@@]3(Cl)C(=O)N(C)C(=O)[C@@]23Cl)cc(I)c1O. The van der Waals surface area contributed by atoms with Gasteiger partial charge in [0.1, 0.15) is 0 Å². The number of phenolic OH excluding ortho intramolecular Hbond substituents is 1. The van der Waals surface area contributed by atoms with Crippen molar-refractivity contribution >= 4 is 69.4 Å². The Morgan fingerprint density at radius 1 is 1.03 bits per heavy atom. The van der Waals surface area contributed by atoms with Crippen LogP contribution < -0.4 is 4.74 Å². The summed E-state index contributed by atoms with van der Waals surface area (Å²) in [7, 11) is 2.79. The van der Waals surface area contributed by atoms with E-state index in [9.17, 15) is 24.3 Å². The first kappa shape index (κ1) is 27.3. The van der Waals surface area contributed by atoms with Crippen molar-refractivity contribution in [2.24, 2.45) is 17.8 Å². The van der Waals surface area contributed by atoms with Crippen molar-refractivity contribution in [1.29, 1.82) is 0 Å². The molecule has 5 aliphatic rings. The molecule has 39 heavy (non-hydrogen) atoms. The number of carbonyl (C=O) groups excluding carboxylic acids is 4. The molecule has 11 heteroatoms. The molecule has 6 rings (SSSR count). The molecule has 0 spiro atoms. The second kappa shape index (κ2) is 9.34. The van der Waals surface area contributed by atoms with Crippen LogP contribution in [0.15, 0.2) is 23.8 Å². The number of benzene rings is 1. The van der Waals surface area contributed by atoms with Crippen LogP contribution in [-0.4, -0.2) is 68.5 Å². The third-order valence-corrected chi connectivity index (χ3v) is 11.8. The molecular formula is C28H29Cl2IN2O6. The Kier molecular flexibility index (Phi) is 6.54. The largest absolute Gasteiger partial charge is 0.504 e. The molecule has 1 aromatic rings. The number of ether oxygens (including phenoxy) is 1. The van der Waals surface area contributed by atoms with E-state index < -0.39 is 45.2 Å². The average Bonchev–Trinajstić information content (AvgIpc) is 3.25. The number of carbonyl (C=O) groups is 4. The molecule has 0 unspecified atom stereocenters. The van der Waals surface area contributed by atoms with Gasteiger partial charge in [-0.1, -0.05) is 30.9 Å². The van der Waals surface area contributed by atoms with Crippen molar-refractivity contribution in [3.05, 3.63) is 32.9 Å². The van der Waals surface area contributed by atoms with Gasteiger partial charge < -0.3 is 9.84 Å². The monoisotopic (exact) mass is 686 g/mol. The Balaban J connectivity index is 1.51. The van der Waals surface area contributed by atoms with Crippen LogP contribution in [0.5, 0.6) is 11.5 Å². The summed E-state index contributed by atoms with van der Waals surface area (Å²) in [5.74, 6) is -4.10. The van der Waals surface area contributed by atoms with Crippen LogP contribution in [0.4, 0.5) is 0 Å². The maximum absolute atomic E-state index is 14.0. The number of amides is 4. The van der Waals surface area contributed by atoms with E-state index >= 15 is 0 Å². The number of nitrogens with zero attached hydrogens (tertiary/aromatic N) is 2. The number of allylic oxidation sites excluding steroid dienone is 2. The fraction of sp³-hybridized carbons (Fsp3) is 0.571. The molecule has 2 saturated carbocycles. The Hall–Kier alpha value is -1.85. The molecule has 6 atom stereocenters. The van der Waals surface area contributed by atoms with Gasteiger partial charge in [-0.25, -0.2) is 0 Å². The van der Waals surface area contributed by atoms with Crippen molar-refractivity contribution < 1.29 is 29.0 Å². The first-order chi connectivity index (χ1) is 18.5. The summed E-state index contributed by atoms with van der Waals surface area (Å²) in [6, 6.07) is 3.20. The lowest BCUT2D eigenvalue weighted by Crippen LogP contribution is -2.60. The normalized spacial score (nSPS) is 36.6. The van der Waals surface area contributed by atoms with E-state index in [-0.39, 0.29) is 35.8 Å². The highest BCUT2D eigenvalue weighted by Gasteiger charge is 2.76. The first-order valence-electron chi connectivity index (χ1n) is 13.3. The molecule has 0 bridgehead atoms. The highest BCUT2D eigenvalue weighted by atomic mass is 127. The Labute approximate surface area is 250 Å². The predicted molar refractivity (Wildman–Crippen MR) is 152 cm³/mol. The molecule has 1 N–H and O–H groups in total. The second-order valence-electron chi connectivity index (χ2n) is 11.4. The van der Waals surface area contributed by atoms with E-state index in [1.165, 1.54) is 19.1 Å². The van der Waals surface area contributed by atoms with Crippen molar-refractivity contribution in [3.8, 4) is 11.5 Å². The van der Waals surface area contributed by atoms with Crippen molar-refractivity contribution in [1.82, 2.24) is 9.80 Å². The summed E-state index contributed by atoms with van der Waals surface area (Å²) >= 11 is 16.4. The van der Waals surface area contributed by atoms with E-state index in [2.05, 4.69) is 0 Å². The maximum atomic E-state index is 14.0. The third-order valence-electron chi connectivity index (χ3n) is 9.59. The van der Waals surface area contributed by atoms with E-state index in [0.29, 0.717) is 15.6 Å². The van der Waals surface area contributed by atoms with Crippen LogP contribution in [0.25, 0.3) is 0 Å². The topological polar surface area (TPSA) is 104 Å². The van der Waals surface area contributed by atoms with Crippen LogP contribution in [0, 0.1) is 21.3 Å². The van der Waals surface area contributed by atoms with E-state index in [0.717, 1.165) is 42.6 Å². The zero-order chi connectivity index (χ0) is 28.0. The number of alkyl halides is 2. The lowest BCUT2D eigenvalue weighted by atomic mass is 9.56. The number of hydrogen-bond acceptors (Lipinski definition) is 6. The lowest BCUT2D eigenvalue weighted by Gasteiger charge is -2.50. The fourth-order valence-corrected chi connectivity index (χ4v) is 9.40. The van der Waals surface area contributed by atoms with Gasteiger partial charge in [0.15, 0.2) is 21.2 Å². The van der Waals surface area contributed by atoms with Crippen LogP contribution >= 0.6 is 45.8 Å². The summed E-state index contributed by atoms with van der Waals surface area (Å²) in [5.41, 5.74) is 1.27. The molecule has 4 amide bonds. The zero-order valence-corrected chi connectivity index (χ0v) is 25.3. The van der Waals surface area contributed by atoms with E-state index in [1.807, 2.05) is 28.7 Å².